The van der Waals surface area contributed by atoms with Crippen LogP contribution in [0.5, 0.6) is 0 Å². The smallest absolute Gasteiger partial charge is 0.326 e. The molecule has 2 nitrogen and oxygen atoms in total. The van der Waals surface area contributed by atoms with Gasteiger partial charge >= 0.3 is 6.18 Å². The van der Waals surface area contributed by atoms with E-state index in [1.807, 2.05) is 0 Å². The molecule has 0 bridgehead atoms. The van der Waals surface area contributed by atoms with Gasteiger partial charge in [-0.05, 0) is 18.6 Å². The normalized spacial score (nSPS) is 22.9. The van der Waals surface area contributed by atoms with Crippen LogP contribution in [0, 0.1) is 0 Å². The Morgan fingerprint density at radius 2 is 2.19 bits per heavy atom. The minimum Gasteiger partial charge on any atom is -0.326 e. The van der Waals surface area contributed by atoms with E-state index in [1.54, 1.807) is 6.07 Å². The molecule has 2 rings (SSSR count). The first kappa shape index (κ1) is 11.9. The second-order valence-corrected chi connectivity index (χ2v) is 5.22. The summed E-state index contributed by atoms with van der Waals surface area (Å²) in [6.07, 6.45) is -3.29. The summed E-state index contributed by atoms with van der Waals surface area (Å²) in [7, 11) is 0. The number of alkyl halides is 3. The Kier molecular flexibility index (Phi) is 3.23. The number of likely N-dealkylation sites (tertiary alicyclic amines) is 1. The minimum atomic E-state index is -4.22. The van der Waals surface area contributed by atoms with Gasteiger partial charge in [-0.15, -0.1) is 11.3 Å². The molecule has 0 radical (unpaired) electrons. The quantitative estimate of drug-likeness (QED) is 0.872. The fraction of sp³-hybridized carbons (Fsp3) is 0.600. The summed E-state index contributed by atoms with van der Waals surface area (Å²) in [5.74, 6) is 0. The molecule has 1 saturated heterocycles. The van der Waals surface area contributed by atoms with Gasteiger partial charge in [-0.25, -0.2) is 0 Å². The molecule has 1 aliphatic heterocycles. The topological polar surface area (TPSA) is 29.3 Å². The third-order valence-corrected chi connectivity index (χ3v) is 3.74. The van der Waals surface area contributed by atoms with Crippen LogP contribution in [0.15, 0.2) is 12.1 Å². The van der Waals surface area contributed by atoms with Crippen LogP contribution in [-0.2, 0) is 12.7 Å². The zero-order valence-corrected chi connectivity index (χ0v) is 9.44. The Balaban J connectivity index is 1.98. The number of hydrogen-bond donors (Lipinski definition) is 1. The highest BCUT2D eigenvalue weighted by molar-refractivity contribution is 7.12. The highest BCUT2D eigenvalue weighted by Gasteiger charge is 2.32. The average molecular weight is 250 g/mol. The van der Waals surface area contributed by atoms with Crippen molar-refractivity contribution in [2.24, 2.45) is 5.73 Å². The molecule has 16 heavy (non-hydrogen) atoms. The maximum atomic E-state index is 12.4. The summed E-state index contributed by atoms with van der Waals surface area (Å²) >= 11 is 0.820. The molecule has 0 amide bonds. The van der Waals surface area contributed by atoms with E-state index in [9.17, 15) is 13.2 Å². The molecule has 0 saturated carbocycles. The number of halogens is 3. The molecule has 90 valence electrons. The first-order chi connectivity index (χ1) is 7.45. The summed E-state index contributed by atoms with van der Waals surface area (Å²) < 4.78 is 37.1. The van der Waals surface area contributed by atoms with Crippen LogP contribution in [-0.4, -0.2) is 24.0 Å². The highest BCUT2D eigenvalue weighted by Crippen LogP contribution is 2.35. The van der Waals surface area contributed by atoms with Crippen molar-refractivity contribution in [2.45, 2.75) is 25.2 Å². The molecule has 1 fully saturated rings. The minimum absolute atomic E-state index is 0.169. The third-order valence-electron chi connectivity index (χ3n) is 2.63. The second-order valence-electron chi connectivity index (χ2n) is 4.05. The zero-order valence-electron chi connectivity index (χ0n) is 8.63. The first-order valence-electron chi connectivity index (χ1n) is 5.09. The van der Waals surface area contributed by atoms with E-state index >= 15 is 0 Å². The first-order valence-corrected chi connectivity index (χ1v) is 5.90. The maximum absolute atomic E-state index is 12.4. The molecule has 2 N–H and O–H groups in total. The molecule has 1 atom stereocenters. The second kappa shape index (κ2) is 4.35. The molecule has 1 aromatic rings. The van der Waals surface area contributed by atoms with E-state index in [0.717, 1.165) is 41.8 Å². The number of hydrogen-bond acceptors (Lipinski definition) is 3. The van der Waals surface area contributed by atoms with Gasteiger partial charge in [0.2, 0.25) is 0 Å². The fourth-order valence-corrected chi connectivity index (χ4v) is 2.76. The molecule has 6 heteroatoms. The van der Waals surface area contributed by atoms with Gasteiger partial charge in [0.25, 0.3) is 0 Å². The summed E-state index contributed by atoms with van der Waals surface area (Å²) in [5.41, 5.74) is 5.73. The molecule has 1 aliphatic rings. The van der Waals surface area contributed by atoms with Crippen LogP contribution < -0.4 is 5.73 Å². The molecule has 0 unspecified atom stereocenters. The van der Waals surface area contributed by atoms with E-state index < -0.39 is 11.1 Å². The van der Waals surface area contributed by atoms with Crippen LogP contribution in [0.2, 0.25) is 0 Å². The standard InChI is InChI=1S/C10H13F3N2S/c11-10(12,13)9-2-1-8(16-9)6-15-4-3-7(14)5-15/h1-2,7H,3-6,14H2/t7-/m0/s1. The van der Waals surface area contributed by atoms with E-state index in [2.05, 4.69) is 4.90 Å². The fourth-order valence-electron chi connectivity index (χ4n) is 1.84. The van der Waals surface area contributed by atoms with Crippen LogP contribution in [0.3, 0.4) is 0 Å². The van der Waals surface area contributed by atoms with Crippen molar-refractivity contribution in [1.82, 2.24) is 4.90 Å². The summed E-state index contributed by atoms with van der Waals surface area (Å²) in [6.45, 7) is 2.23. The largest absolute Gasteiger partial charge is 0.425 e. The highest BCUT2D eigenvalue weighted by atomic mass is 32.1. The Bertz CT molecular complexity index is 361. The Hall–Kier alpha value is -0.590. The van der Waals surface area contributed by atoms with E-state index in [4.69, 9.17) is 5.73 Å². The molecule has 0 spiro atoms. The zero-order chi connectivity index (χ0) is 11.8. The number of rotatable bonds is 2. The Morgan fingerprint density at radius 1 is 1.44 bits per heavy atom. The van der Waals surface area contributed by atoms with E-state index in [1.165, 1.54) is 0 Å². The number of nitrogens with zero attached hydrogens (tertiary/aromatic N) is 1. The monoisotopic (exact) mass is 250 g/mol. The summed E-state index contributed by atoms with van der Waals surface area (Å²) in [4.78, 5) is 2.32. The number of nitrogens with two attached hydrogens (primary N) is 1. The Labute approximate surface area is 95.9 Å². The van der Waals surface area contributed by atoms with Crippen molar-refractivity contribution < 1.29 is 13.2 Å². The van der Waals surface area contributed by atoms with Crippen molar-refractivity contribution in [3.63, 3.8) is 0 Å². The van der Waals surface area contributed by atoms with Crippen molar-refractivity contribution in [1.29, 1.82) is 0 Å². The lowest BCUT2D eigenvalue weighted by Gasteiger charge is -2.13. The molecular weight excluding hydrogens is 237 g/mol. The predicted molar refractivity (Wildman–Crippen MR) is 57.2 cm³/mol. The van der Waals surface area contributed by atoms with E-state index in [0.29, 0.717) is 6.54 Å². The number of thiophene rings is 1. The third kappa shape index (κ3) is 2.75. The Morgan fingerprint density at radius 3 is 2.69 bits per heavy atom. The molecule has 0 aliphatic carbocycles. The van der Waals surface area contributed by atoms with Gasteiger partial charge in [0.15, 0.2) is 0 Å². The van der Waals surface area contributed by atoms with Crippen molar-refractivity contribution in [3.05, 3.63) is 21.9 Å². The van der Waals surface area contributed by atoms with Gasteiger partial charge in [-0.2, -0.15) is 13.2 Å². The van der Waals surface area contributed by atoms with Gasteiger partial charge in [0, 0.05) is 30.6 Å². The van der Waals surface area contributed by atoms with Crippen LogP contribution in [0.1, 0.15) is 16.2 Å². The van der Waals surface area contributed by atoms with Gasteiger partial charge < -0.3 is 5.73 Å². The molecule has 2 heterocycles. The van der Waals surface area contributed by atoms with Crippen molar-refractivity contribution in [3.8, 4) is 0 Å². The van der Waals surface area contributed by atoms with Crippen LogP contribution in [0.25, 0.3) is 0 Å². The lowest BCUT2D eigenvalue weighted by atomic mass is 10.3. The molecule has 0 aromatic carbocycles. The molecular formula is C10H13F3N2S. The van der Waals surface area contributed by atoms with Gasteiger partial charge in [-0.3, -0.25) is 4.90 Å². The van der Waals surface area contributed by atoms with Gasteiger partial charge in [-0.1, -0.05) is 0 Å². The van der Waals surface area contributed by atoms with E-state index in [-0.39, 0.29) is 6.04 Å². The van der Waals surface area contributed by atoms with Crippen molar-refractivity contribution in [2.75, 3.05) is 13.1 Å². The average Bonchev–Trinajstić information content (AvgIpc) is 2.74. The summed E-state index contributed by atoms with van der Waals surface area (Å²) in [6, 6.07) is 2.87. The van der Waals surface area contributed by atoms with Gasteiger partial charge in [0.05, 0.1) is 0 Å². The lowest BCUT2D eigenvalue weighted by Crippen LogP contribution is -2.25. The lowest BCUT2D eigenvalue weighted by molar-refractivity contribution is -0.134. The van der Waals surface area contributed by atoms with Crippen molar-refractivity contribution >= 4 is 11.3 Å². The predicted octanol–water partition coefficient (Wildman–Crippen LogP) is 2.30. The summed E-state index contributed by atoms with van der Waals surface area (Å²) in [5, 5.41) is 0. The van der Waals surface area contributed by atoms with Crippen LogP contribution >= 0.6 is 11.3 Å². The van der Waals surface area contributed by atoms with Gasteiger partial charge in [0.1, 0.15) is 4.88 Å². The van der Waals surface area contributed by atoms with Crippen LogP contribution in [0.4, 0.5) is 13.2 Å². The SMILES string of the molecule is N[C@H]1CCN(Cc2ccc(C(F)(F)F)s2)C1. The maximum Gasteiger partial charge on any atom is 0.425 e. The molecule has 1 aromatic heterocycles.